The van der Waals surface area contributed by atoms with Gasteiger partial charge in [-0.25, -0.2) is 19.4 Å². The van der Waals surface area contributed by atoms with Gasteiger partial charge in [-0.1, -0.05) is 30.3 Å². The Morgan fingerprint density at radius 1 is 1.15 bits per heavy atom. The predicted molar refractivity (Wildman–Crippen MR) is 125 cm³/mol. The molecule has 0 unspecified atom stereocenters. The smallest absolute Gasteiger partial charge is 0.341 e. The van der Waals surface area contributed by atoms with Crippen LogP contribution in [0.2, 0.25) is 0 Å². The largest absolute Gasteiger partial charge is 0.471 e. The van der Waals surface area contributed by atoms with Crippen molar-refractivity contribution in [2.75, 3.05) is 6.61 Å². The van der Waals surface area contributed by atoms with Crippen molar-refractivity contribution < 1.29 is 14.3 Å². The molecule has 5 rings (SSSR count). The molecule has 0 aliphatic rings. The Labute approximate surface area is 198 Å². The molecule has 0 fully saturated rings. The SMILES string of the molecule is CCOC(=O)c1cnn(-c2nc(OCc3ccccc3)c3ncn(Cc4csc(C)n4)c3n2)c1. The van der Waals surface area contributed by atoms with E-state index in [1.165, 1.54) is 17.1 Å². The molecule has 0 amide bonds. The molecule has 0 spiro atoms. The van der Waals surface area contributed by atoms with Gasteiger partial charge in [-0.05, 0) is 19.4 Å². The zero-order valence-corrected chi connectivity index (χ0v) is 19.4. The maximum absolute atomic E-state index is 12.1. The third kappa shape index (κ3) is 4.50. The van der Waals surface area contributed by atoms with Gasteiger partial charge in [0.15, 0.2) is 11.2 Å². The molecule has 0 aliphatic carbocycles. The Morgan fingerprint density at radius 2 is 2.00 bits per heavy atom. The molecular weight excluding hydrogens is 454 g/mol. The molecule has 4 heterocycles. The topological polar surface area (TPSA) is 110 Å². The average molecular weight is 476 g/mol. The standard InChI is InChI=1S/C23H21N7O3S/c1-3-32-22(31)17-9-25-30(10-17)23-27-20-19(21(28-23)33-12-16-7-5-4-6-8-16)24-14-29(20)11-18-13-34-15(2)26-18/h4-10,13-14H,3,11-12H2,1-2H3. The van der Waals surface area contributed by atoms with E-state index in [9.17, 15) is 4.79 Å². The fourth-order valence-corrected chi connectivity index (χ4v) is 3.96. The van der Waals surface area contributed by atoms with E-state index in [0.717, 1.165) is 16.3 Å². The molecule has 10 nitrogen and oxygen atoms in total. The summed E-state index contributed by atoms with van der Waals surface area (Å²) in [5, 5.41) is 7.25. The third-order valence-corrected chi connectivity index (χ3v) is 5.76. The molecule has 0 saturated heterocycles. The first-order chi connectivity index (χ1) is 16.6. The summed E-state index contributed by atoms with van der Waals surface area (Å²) < 4.78 is 14.4. The van der Waals surface area contributed by atoms with Gasteiger partial charge in [-0.15, -0.1) is 11.3 Å². The highest BCUT2D eigenvalue weighted by Crippen LogP contribution is 2.24. The van der Waals surface area contributed by atoms with Crippen LogP contribution >= 0.6 is 11.3 Å². The van der Waals surface area contributed by atoms with Crippen LogP contribution in [0.5, 0.6) is 5.88 Å². The molecule has 11 heteroatoms. The van der Waals surface area contributed by atoms with E-state index in [-0.39, 0.29) is 12.6 Å². The van der Waals surface area contributed by atoms with Gasteiger partial charge in [0.1, 0.15) is 6.61 Å². The van der Waals surface area contributed by atoms with Crippen LogP contribution in [0, 0.1) is 6.92 Å². The number of hydrogen-bond donors (Lipinski definition) is 0. The van der Waals surface area contributed by atoms with Crippen LogP contribution in [-0.2, 0) is 17.9 Å². The zero-order chi connectivity index (χ0) is 23.5. The van der Waals surface area contributed by atoms with Crippen molar-refractivity contribution in [1.29, 1.82) is 0 Å². The highest BCUT2D eigenvalue weighted by Gasteiger charge is 2.18. The van der Waals surface area contributed by atoms with Crippen LogP contribution in [-0.4, -0.2) is 46.9 Å². The highest BCUT2D eigenvalue weighted by molar-refractivity contribution is 7.09. The second-order valence-electron chi connectivity index (χ2n) is 7.40. The van der Waals surface area contributed by atoms with Crippen molar-refractivity contribution in [2.24, 2.45) is 0 Å². The normalized spacial score (nSPS) is 11.1. The fraction of sp³-hybridized carbons (Fsp3) is 0.217. The summed E-state index contributed by atoms with van der Waals surface area (Å²) in [5.74, 6) is 0.117. The molecule has 0 atom stereocenters. The summed E-state index contributed by atoms with van der Waals surface area (Å²) in [6.45, 7) is 4.81. The molecule has 0 saturated carbocycles. The molecule has 0 N–H and O–H groups in total. The van der Waals surface area contributed by atoms with Crippen molar-refractivity contribution in [1.82, 2.24) is 34.3 Å². The van der Waals surface area contributed by atoms with Crippen LogP contribution in [0.25, 0.3) is 17.1 Å². The second kappa shape index (κ2) is 9.40. The number of thiazole rings is 1. The number of nitrogens with zero attached hydrogens (tertiary/aromatic N) is 7. The number of fused-ring (bicyclic) bond motifs is 1. The van der Waals surface area contributed by atoms with Crippen LogP contribution in [0.1, 0.15) is 33.5 Å². The summed E-state index contributed by atoms with van der Waals surface area (Å²) in [6, 6.07) is 9.80. The number of hydrogen-bond acceptors (Lipinski definition) is 9. The van der Waals surface area contributed by atoms with Gasteiger partial charge in [0.05, 0.1) is 41.9 Å². The summed E-state index contributed by atoms with van der Waals surface area (Å²) in [4.78, 5) is 30.4. The van der Waals surface area contributed by atoms with Gasteiger partial charge in [0.25, 0.3) is 5.95 Å². The summed E-state index contributed by atoms with van der Waals surface area (Å²) in [7, 11) is 0. The van der Waals surface area contributed by atoms with Crippen molar-refractivity contribution in [3.63, 3.8) is 0 Å². The molecule has 1 aromatic carbocycles. The minimum Gasteiger partial charge on any atom is -0.471 e. The van der Waals surface area contributed by atoms with Crippen molar-refractivity contribution >= 4 is 28.5 Å². The summed E-state index contributed by atoms with van der Waals surface area (Å²) >= 11 is 1.59. The predicted octanol–water partition coefficient (Wildman–Crippen LogP) is 3.58. The maximum Gasteiger partial charge on any atom is 0.341 e. The van der Waals surface area contributed by atoms with E-state index in [4.69, 9.17) is 9.47 Å². The van der Waals surface area contributed by atoms with Crippen molar-refractivity contribution in [3.05, 3.63) is 76.3 Å². The molecule has 172 valence electrons. The molecule has 34 heavy (non-hydrogen) atoms. The molecule has 0 aliphatic heterocycles. The lowest BCUT2D eigenvalue weighted by Gasteiger charge is -2.09. The number of esters is 1. The third-order valence-electron chi connectivity index (χ3n) is 4.94. The number of aryl methyl sites for hydroxylation is 1. The Balaban J connectivity index is 1.54. The van der Waals surface area contributed by atoms with Crippen LogP contribution in [0.3, 0.4) is 0 Å². The number of ether oxygens (including phenoxy) is 2. The van der Waals surface area contributed by atoms with Gasteiger partial charge in [-0.2, -0.15) is 15.1 Å². The number of benzene rings is 1. The molecule has 4 aromatic heterocycles. The molecular formula is C23H21N7O3S. The van der Waals surface area contributed by atoms with E-state index >= 15 is 0 Å². The molecule has 5 aromatic rings. The molecule has 0 radical (unpaired) electrons. The lowest BCUT2D eigenvalue weighted by atomic mass is 10.2. The number of carbonyl (C=O) groups excluding carboxylic acids is 1. The van der Waals surface area contributed by atoms with Crippen molar-refractivity contribution in [3.8, 4) is 11.8 Å². The van der Waals surface area contributed by atoms with Gasteiger partial charge < -0.3 is 14.0 Å². The zero-order valence-electron chi connectivity index (χ0n) is 18.6. The number of carbonyl (C=O) groups is 1. The number of imidazole rings is 1. The van der Waals surface area contributed by atoms with E-state index in [1.807, 2.05) is 47.2 Å². The van der Waals surface area contributed by atoms with Crippen molar-refractivity contribution in [2.45, 2.75) is 27.0 Å². The summed E-state index contributed by atoms with van der Waals surface area (Å²) in [5.41, 5.74) is 3.33. The number of aromatic nitrogens is 7. The van der Waals surface area contributed by atoms with Crippen LogP contribution in [0.15, 0.2) is 54.4 Å². The molecule has 0 bridgehead atoms. The van der Waals surface area contributed by atoms with E-state index in [1.54, 1.807) is 24.6 Å². The van der Waals surface area contributed by atoms with Gasteiger partial charge >= 0.3 is 5.97 Å². The Morgan fingerprint density at radius 3 is 2.76 bits per heavy atom. The average Bonchev–Trinajstić information content (AvgIpc) is 3.59. The first-order valence-corrected chi connectivity index (χ1v) is 11.5. The van der Waals surface area contributed by atoms with Crippen LogP contribution < -0.4 is 4.74 Å². The van der Waals surface area contributed by atoms with Gasteiger partial charge in [0.2, 0.25) is 5.88 Å². The maximum atomic E-state index is 12.1. The first kappa shape index (κ1) is 21.7. The van der Waals surface area contributed by atoms with Gasteiger partial charge in [0, 0.05) is 11.6 Å². The highest BCUT2D eigenvalue weighted by atomic mass is 32.1. The second-order valence-corrected chi connectivity index (χ2v) is 8.46. The van der Waals surface area contributed by atoms with E-state index in [0.29, 0.717) is 35.8 Å². The van der Waals surface area contributed by atoms with Crippen LogP contribution in [0.4, 0.5) is 0 Å². The Bertz CT molecular complexity index is 1440. The van der Waals surface area contributed by atoms with Gasteiger partial charge in [-0.3, -0.25) is 0 Å². The summed E-state index contributed by atoms with van der Waals surface area (Å²) in [6.07, 6.45) is 4.65. The first-order valence-electron chi connectivity index (χ1n) is 10.6. The lowest BCUT2D eigenvalue weighted by Crippen LogP contribution is -2.08. The fourth-order valence-electron chi connectivity index (χ4n) is 3.36. The Kier molecular flexibility index (Phi) is 6.00. The lowest BCUT2D eigenvalue weighted by molar-refractivity contribution is 0.0526. The number of rotatable bonds is 8. The minimum absolute atomic E-state index is 0.252. The van der Waals surface area contributed by atoms with E-state index < -0.39 is 5.97 Å². The van der Waals surface area contributed by atoms with E-state index in [2.05, 4.69) is 25.0 Å². The Hall–Kier alpha value is -4.12. The monoisotopic (exact) mass is 475 g/mol. The quantitative estimate of drug-likeness (QED) is 0.313. The minimum atomic E-state index is -0.459.